The summed E-state index contributed by atoms with van der Waals surface area (Å²) in [5.74, 6) is 0.470. The van der Waals surface area contributed by atoms with E-state index in [9.17, 15) is 9.65 Å². The van der Waals surface area contributed by atoms with Crippen LogP contribution in [0.5, 0.6) is 0 Å². The molecule has 6 heteroatoms. The quantitative estimate of drug-likeness (QED) is 0.931. The maximum absolute atomic E-state index is 13.2. The van der Waals surface area contributed by atoms with Crippen LogP contribution < -0.4 is 10.6 Å². The van der Waals surface area contributed by atoms with Crippen LogP contribution in [0.3, 0.4) is 0 Å². The van der Waals surface area contributed by atoms with Crippen LogP contribution in [-0.4, -0.2) is 23.4 Å². The van der Waals surface area contributed by atoms with Gasteiger partial charge in [-0.05, 0) is 37.6 Å². The molecule has 0 unspecified atom stereocenters. The molecule has 0 saturated heterocycles. The van der Waals surface area contributed by atoms with Gasteiger partial charge in [-0.3, -0.25) is 0 Å². The first-order valence-electron chi connectivity index (χ1n) is 6.25. The number of aryl methyl sites for hydroxylation is 1. The number of halogens is 1. The molecule has 1 heterocycles. The summed E-state index contributed by atoms with van der Waals surface area (Å²) < 4.78 is 14.7. The van der Waals surface area contributed by atoms with Gasteiger partial charge in [-0.1, -0.05) is 0 Å². The van der Waals surface area contributed by atoms with E-state index in [4.69, 9.17) is 5.73 Å². The highest BCUT2D eigenvalue weighted by atomic mass is 19.1. The first-order chi connectivity index (χ1) is 9.49. The second-order valence-corrected chi connectivity index (χ2v) is 4.55. The maximum Gasteiger partial charge on any atom is 0.171 e. The predicted molar refractivity (Wildman–Crippen MR) is 76.3 cm³/mol. The number of nitrogens with zero attached hydrogens (tertiary/aromatic N) is 4. The van der Waals surface area contributed by atoms with Crippen LogP contribution in [0.4, 0.5) is 16.0 Å². The fourth-order valence-corrected chi connectivity index (χ4v) is 1.98. The Kier molecular flexibility index (Phi) is 3.61. The average molecular weight is 273 g/mol. The van der Waals surface area contributed by atoms with Gasteiger partial charge < -0.3 is 10.6 Å². The zero-order valence-electron chi connectivity index (χ0n) is 11.7. The van der Waals surface area contributed by atoms with Gasteiger partial charge in [0.15, 0.2) is 5.82 Å². The molecule has 0 saturated carbocycles. The first kappa shape index (κ1) is 13.9. The van der Waals surface area contributed by atoms with Crippen molar-refractivity contribution >= 4 is 11.6 Å². The standard InChI is InChI=1S/C14H16FN5/c1-4-19(3)14-11(8-16)13(17)20(18-14)12-6-5-10(15)7-9(12)2/h5-7H,4,17H2,1-3H3. The topological polar surface area (TPSA) is 70.9 Å². The lowest BCUT2D eigenvalue weighted by Gasteiger charge is -2.13. The summed E-state index contributed by atoms with van der Waals surface area (Å²) in [4.78, 5) is 1.84. The van der Waals surface area contributed by atoms with Gasteiger partial charge in [-0.25, -0.2) is 9.07 Å². The third-order valence-electron chi connectivity index (χ3n) is 3.24. The molecule has 1 aromatic heterocycles. The van der Waals surface area contributed by atoms with Gasteiger partial charge in [0.25, 0.3) is 0 Å². The second kappa shape index (κ2) is 5.21. The van der Waals surface area contributed by atoms with E-state index in [1.807, 2.05) is 18.9 Å². The molecule has 0 atom stereocenters. The summed E-state index contributed by atoms with van der Waals surface area (Å²) in [7, 11) is 1.84. The SMILES string of the molecule is CCN(C)c1nn(-c2ccc(F)cc2C)c(N)c1C#N. The van der Waals surface area contributed by atoms with Gasteiger partial charge in [-0.2, -0.15) is 5.26 Å². The molecule has 104 valence electrons. The molecule has 0 fully saturated rings. The highest BCUT2D eigenvalue weighted by Crippen LogP contribution is 2.27. The van der Waals surface area contributed by atoms with Crippen molar-refractivity contribution in [3.05, 3.63) is 35.1 Å². The van der Waals surface area contributed by atoms with E-state index in [1.54, 1.807) is 13.0 Å². The lowest BCUT2D eigenvalue weighted by atomic mass is 10.2. The number of anilines is 2. The number of nitriles is 1. The van der Waals surface area contributed by atoms with Crippen LogP contribution >= 0.6 is 0 Å². The highest BCUT2D eigenvalue weighted by Gasteiger charge is 2.19. The zero-order chi connectivity index (χ0) is 14.9. The smallest absolute Gasteiger partial charge is 0.171 e. The normalized spacial score (nSPS) is 10.3. The summed E-state index contributed by atoms with van der Waals surface area (Å²) in [6.07, 6.45) is 0. The Balaban J connectivity index is 2.64. The van der Waals surface area contributed by atoms with Gasteiger partial charge in [0.2, 0.25) is 0 Å². The molecule has 1 aromatic carbocycles. The number of nitrogen functional groups attached to an aromatic ring is 1. The Hall–Kier alpha value is -2.55. The summed E-state index contributed by atoms with van der Waals surface area (Å²) in [5, 5.41) is 13.6. The average Bonchev–Trinajstić information content (AvgIpc) is 2.75. The minimum atomic E-state index is -0.316. The molecular formula is C14H16FN5. The van der Waals surface area contributed by atoms with Gasteiger partial charge in [0.05, 0.1) is 5.69 Å². The van der Waals surface area contributed by atoms with Gasteiger partial charge >= 0.3 is 0 Å². The van der Waals surface area contributed by atoms with Crippen molar-refractivity contribution in [3.63, 3.8) is 0 Å². The summed E-state index contributed by atoms with van der Waals surface area (Å²) in [6, 6.07) is 6.43. The third kappa shape index (κ3) is 2.18. The molecule has 2 rings (SSSR count). The third-order valence-corrected chi connectivity index (χ3v) is 3.24. The van der Waals surface area contributed by atoms with Gasteiger partial charge in [-0.15, -0.1) is 5.10 Å². The van der Waals surface area contributed by atoms with Crippen molar-refractivity contribution in [2.24, 2.45) is 0 Å². The molecule has 0 aliphatic rings. The molecule has 0 radical (unpaired) electrons. The molecule has 5 nitrogen and oxygen atoms in total. The number of rotatable bonds is 3. The van der Waals surface area contributed by atoms with Crippen molar-refractivity contribution < 1.29 is 4.39 Å². The minimum absolute atomic E-state index is 0.262. The summed E-state index contributed by atoms with van der Waals surface area (Å²) >= 11 is 0. The van der Waals surface area contributed by atoms with Crippen LogP contribution in [0.15, 0.2) is 18.2 Å². The molecular weight excluding hydrogens is 257 g/mol. The highest BCUT2D eigenvalue weighted by molar-refractivity contribution is 5.67. The van der Waals surface area contributed by atoms with E-state index in [0.29, 0.717) is 29.2 Å². The van der Waals surface area contributed by atoms with Crippen LogP contribution in [0.25, 0.3) is 5.69 Å². The summed E-state index contributed by atoms with van der Waals surface area (Å²) in [6.45, 7) is 4.43. The Morgan fingerprint density at radius 2 is 2.20 bits per heavy atom. The van der Waals surface area contributed by atoms with Crippen molar-refractivity contribution in [1.29, 1.82) is 5.26 Å². The zero-order valence-corrected chi connectivity index (χ0v) is 11.7. The molecule has 0 spiro atoms. The summed E-state index contributed by atoms with van der Waals surface area (Å²) in [5.41, 5.74) is 7.70. The number of nitrogens with two attached hydrogens (primary N) is 1. The van der Waals surface area contributed by atoms with E-state index in [0.717, 1.165) is 0 Å². The van der Waals surface area contributed by atoms with E-state index in [-0.39, 0.29) is 11.6 Å². The number of aromatic nitrogens is 2. The van der Waals surface area contributed by atoms with E-state index in [2.05, 4.69) is 11.2 Å². The molecule has 2 N–H and O–H groups in total. The van der Waals surface area contributed by atoms with Crippen molar-refractivity contribution in [3.8, 4) is 11.8 Å². The van der Waals surface area contributed by atoms with Crippen molar-refractivity contribution in [1.82, 2.24) is 9.78 Å². The largest absolute Gasteiger partial charge is 0.382 e. The predicted octanol–water partition coefficient (Wildman–Crippen LogP) is 2.23. The molecule has 20 heavy (non-hydrogen) atoms. The molecule has 0 aliphatic heterocycles. The Morgan fingerprint density at radius 3 is 2.75 bits per heavy atom. The number of hydrogen-bond acceptors (Lipinski definition) is 4. The molecule has 0 aliphatic carbocycles. The van der Waals surface area contributed by atoms with E-state index in [1.165, 1.54) is 16.8 Å². The van der Waals surface area contributed by atoms with Crippen LogP contribution in [0.2, 0.25) is 0 Å². The van der Waals surface area contributed by atoms with E-state index >= 15 is 0 Å². The van der Waals surface area contributed by atoms with Gasteiger partial charge in [0, 0.05) is 13.6 Å². The Bertz CT molecular complexity index is 684. The first-order valence-corrected chi connectivity index (χ1v) is 6.25. The molecule has 2 aromatic rings. The molecule has 0 bridgehead atoms. The van der Waals surface area contributed by atoms with Crippen LogP contribution in [0, 0.1) is 24.1 Å². The van der Waals surface area contributed by atoms with Crippen molar-refractivity contribution in [2.45, 2.75) is 13.8 Å². The minimum Gasteiger partial charge on any atom is -0.382 e. The van der Waals surface area contributed by atoms with E-state index < -0.39 is 0 Å². The number of benzene rings is 1. The number of hydrogen-bond donors (Lipinski definition) is 1. The van der Waals surface area contributed by atoms with Crippen LogP contribution in [-0.2, 0) is 0 Å². The Labute approximate surface area is 117 Å². The second-order valence-electron chi connectivity index (χ2n) is 4.55. The van der Waals surface area contributed by atoms with Gasteiger partial charge in [0.1, 0.15) is 23.3 Å². The van der Waals surface area contributed by atoms with Crippen molar-refractivity contribution in [2.75, 3.05) is 24.2 Å². The van der Waals surface area contributed by atoms with Crippen LogP contribution in [0.1, 0.15) is 18.1 Å². The lowest BCUT2D eigenvalue weighted by molar-refractivity contribution is 0.625. The molecule has 0 amide bonds. The monoisotopic (exact) mass is 273 g/mol. The lowest BCUT2D eigenvalue weighted by Crippen LogP contribution is -2.17. The maximum atomic E-state index is 13.2. The Morgan fingerprint density at radius 1 is 1.50 bits per heavy atom. The fraction of sp³-hybridized carbons (Fsp3) is 0.286. The fourth-order valence-electron chi connectivity index (χ4n) is 1.98.